The molecule has 1 atom stereocenters. The molecule has 0 aliphatic rings. The third-order valence-corrected chi connectivity index (χ3v) is 13.0. The van der Waals surface area contributed by atoms with Crippen LogP contribution in [0.4, 0.5) is 0 Å². The first kappa shape index (κ1) is 61.4. The summed E-state index contributed by atoms with van der Waals surface area (Å²) >= 11 is 0. The molecule has 0 aromatic carbocycles. The van der Waals surface area contributed by atoms with E-state index >= 15 is 0 Å². The molecule has 0 aliphatic carbocycles. The molecule has 0 amide bonds. The van der Waals surface area contributed by atoms with Gasteiger partial charge in [0.1, 0.15) is 13.2 Å². The Hall–Kier alpha value is -1.59. The van der Waals surface area contributed by atoms with Gasteiger partial charge < -0.3 is 14.2 Å². The Morgan fingerprint density at radius 2 is 0.524 bits per heavy atom. The van der Waals surface area contributed by atoms with E-state index in [-0.39, 0.29) is 31.1 Å². The Balaban J connectivity index is 4.23. The summed E-state index contributed by atoms with van der Waals surface area (Å²) in [5.74, 6) is -0.00498. The first-order valence-electron chi connectivity index (χ1n) is 28.4. The van der Waals surface area contributed by atoms with E-state index in [1.807, 2.05) is 0 Å². The molecule has 0 unspecified atom stereocenters. The summed E-state index contributed by atoms with van der Waals surface area (Å²) in [5.41, 5.74) is 0. The standard InChI is InChI=1S/C57H110O6/c1-5-7-9-11-13-15-17-18-19-20-21-22-23-24-29-32-36-40-44-48-55(58)61-51-54(63-57(60)50-46-42-38-34-27-16-14-12-10-8-6-2)52-62-56(59)49-45-41-37-33-30-26-25-28-31-35-39-43-47-53(3)4/h53-54H,5-52H2,1-4H3/t54-/m1/s1. The smallest absolute Gasteiger partial charge is 0.306 e. The van der Waals surface area contributed by atoms with Crippen LogP contribution in [0.2, 0.25) is 0 Å². The molecule has 0 saturated heterocycles. The van der Waals surface area contributed by atoms with Gasteiger partial charge in [-0.25, -0.2) is 0 Å². The molecule has 0 aromatic rings. The largest absolute Gasteiger partial charge is 0.462 e. The molecule has 63 heavy (non-hydrogen) atoms. The van der Waals surface area contributed by atoms with Gasteiger partial charge in [-0.3, -0.25) is 14.4 Å². The normalized spacial score (nSPS) is 12.0. The van der Waals surface area contributed by atoms with Crippen molar-refractivity contribution >= 4 is 17.9 Å². The van der Waals surface area contributed by atoms with Crippen molar-refractivity contribution in [2.75, 3.05) is 13.2 Å². The van der Waals surface area contributed by atoms with Gasteiger partial charge >= 0.3 is 17.9 Å². The lowest BCUT2D eigenvalue weighted by atomic mass is 10.0. The molecule has 0 spiro atoms. The Bertz CT molecular complexity index is 949. The summed E-state index contributed by atoms with van der Waals surface area (Å²) in [7, 11) is 0. The van der Waals surface area contributed by atoms with Crippen LogP contribution in [0.5, 0.6) is 0 Å². The molecule has 0 rings (SSSR count). The van der Waals surface area contributed by atoms with Crippen molar-refractivity contribution in [1.82, 2.24) is 0 Å². The van der Waals surface area contributed by atoms with Gasteiger partial charge in [0.15, 0.2) is 6.10 Å². The number of hydrogen-bond acceptors (Lipinski definition) is 6. The maximum Gasteiger partial charge on any atom is 0.306 e. The summed E-state index contributed by atoms with van der Waals surface area (Å²) < 4.78 is 16.9. The SMILES string of the molecule is CCCCCCCCCCCCCCCCCCCCCC(=O)OC[C@H](COC(=O)CCCCCCCCCCCCCCC(C)C)OC(=O)CCCCCCCCCCCCC. The van der Waals surface area contributed by atoms with Gasteiger partial charge in [-0.1, -0.05) is 285 Å². The second-order valence-electron chi connectivity index (χ2n) is 20.1. The van der Waals surface area contributed by atoms with Crippen LogP contribution < -0.4 is 0 Å². The average Bonchev–Trinajstić information content (AvgIpc) is 3.27. The van der Waals surface area contributed by atoms with E-state index in [0.29, 0.717) is 19.3 Å². The van der Waals surface area contributed by atoms with Crippen molar-refractivity contribution in [2.24, 2.45) is 5.92 Å². The average molecular weight is 892 g/mol. The molecule has 0 fully saturated rings. The van der Waals surface area contributed by atoms with E-state index in [4.69, 9.17) is 14.2 Å². The van der Waals surface area contributed by atoms with Crippen molar-refractivity contribution < 1.29 is 28.6 Å². The number of ether oxygens (including phenoxy) is 3. The van der Waals surface area contributed by atoms with Crippen LogP contribution in [0.25, 0.3) is 0 Å². The van der Waals surface area contributed by atoms with Crippen LogP contribution in [0.1, 0.15) is 323 Å². The van der Waals surface area contributed by atoms with Crippen molar-refractivity contribution in [3.8, 4) is 0 Å². The minimum Gasteiger partial charge on any atom is -0.462 e. The molecule has 0 radical (unpaired) electrons. The van der Waals surface area contributed by atoms with E-state index < -0.39 is 6.10 Å². The Kier molecular flexibility index (Phi) is 50.1. The van der Waals surface area contributed by atoms with Crippen LogP contribution in [0, 0.1) is 5.92 Å². The molecular weight excluding hydrogens is 781 g/mol. The lowest BCUT2D eigenvalue weighted by Gasteiger charge is -2.18. The van der Waals surface area contributed by atoms with Crippen molar-refractivity contribution in [3.63, 3.8) is 0 Å². The van der Waals surface area contributed by atoms with Gasteiger partial charge in [-0.2, -0.15) is 0 Å². The molecule has 6 nitrogen and oxygen atoms in total. The summed E-state index contributed by atoms with van der Waals surface area (Å²) in [6.45, 7) is 9.04. The summed E-state index contributed by atoms with van der Waals surface area (Å²) in [4.78, 5) is 38.0. The van der Waals surface area contributed by atoms with Crippen molar-refractivity contribution in [3.05, 3.63) is 0 Å². The van der Waals surface area contributed by atoms with E-state index in [0.717, 1.165) is 63.7 Å². The number of rotatable bonds is 52. The van der Waals surface area contributed by atoms with Gasteiger partial charge in [-0.15, -0.1) is 0 Å². The van der Waals surface area contributed by atoms with Crippen LogP contribution in [0.15, 0.2) is 0 Å². The molecule has 0 saturated carbocycles. The predicted molar refractivity (Wildman–Crippen MR) is 270 cm³/mol. The zero-order chi connectivity index (χ0) is 45.9. The molecule has 0 heterocycles. The minimum atomic E-state index is -0.761. The molecule has 0 aromatic heterocycles. The quantitative estimate of drug-likeness (QED) is 0.0344. The maximum atomic E-state index is 12.8. The highest BCUT2D eigenvalue weighted by Gasteiger charge is 2.19. The lowest BCUT2D eigenvalue weighted by molar-refractivity contribution is -0.167. The summed E-state index contributed by atoms with van der Waals surface area (Å²) in [6.07, 6.45) is 55.2. The van der Waals surface area contributed by atoms with Crippen LogP contribution in [-0.2, 0) is 28.6 Å². The summed E-state index contributed by atoms with van der Waals surface area (Å²) in [5, 5.41) is 0. The van der Waals surface area contributed by atoms with Crippen molar-refractivity contribution in [1.29, 1.82) is 0 Å². The monoisotopic (exact) mass is 891 g/mol. The van der Waals surface area contributed by atoms with E-state index in [1.165, 1.54) is 218 Å². The first-order valence-corrected chi connectivity index (χ1v) is 28.4. The second kappa shape index (κ2) is 51.4. The van der Waals surface area contributed by atoms with Crippen LogP contribution >= 0.6 is 0 Å². The lowest BCUT2D eigenvalue weighted by Crippen LogP contribution is -2.30. The molecule has 0 bridgehead atoms. The molecule has 0 N–H and O–H groups in total. The summed E-state index contributed by atoms with van der Waals surface area (Å²) in [6, 6.07) is 0. The zero-order valence-corrected chi connectivity index (χ0v) is 43.0. The number of carbonyl (C=O) groups is 3. The highest BCUT2D eigenvalue weighted by atomic mass is 16.6. The number of unbranched alkanes of at least 4 members (excludes halogenated alkanes) is 39. The fourth-order valence-electron chi connectivity index (χ4n) is 8.75. The van der Waals surface area contributed by atoms with Gasteiger partial charge in [0, 0.05) is 19.3 Å². The number of esters is 3. The van der Waals surface area contributed by atoms with E-state index in [1.54, 1.807) is 0 Å². The van der Waals surface area contributed by atoms with Gasteiger partial charge in [0.2, 0.25) is 0 Å². The predicted octanol–water partition coefficient (Wildman–Crippen LogP) is 18.6. The fraction of sp³-hybridized carbons (Fsp3) is 0.947. The molecular formula is C57H110O6. The number of hydrogen-bond donors (Lipinski definition) is 0. The van der Waals surface area contributed by atoms with Crippen molar-refractivity contribution in [2.45, 2.75) is 329 Å². The zero-order valence-electron chi connectivity index (χ0n) is 43.0. The van der Waals surface area contributed by atoms with E-state index in [9.17, 15) is 14.4 Å². The number of carbonyl (C=O) groups excluding carboxylic acids is 3. The van der Waals surface area contributed by atoms with Crippen LogP contribution in [-0.4, -0.2) is 37.2 Å². The Labute approximate surface area is 393 Å². The fourth-order valence-corrected chi connectivity index (χ4v) is 8.75. The maximum absolute atomic E-state index is 12.8. The highest BCUT2D eigenvalue weighted by Crippen LogP contribution is 2.18. The second-order valence-corrected chi connectivity index (χ2v) is 20.1. The Morgan fingerprint density at radius 3 is 0.778 bits per heavy atom. The highest BCUT2D eigenvalue weighted by molar-refractivity contribution is 5.71. The molecule has 374 valence electrons. The van der Waals surface area contributed by atoms with E-state index in [2.05, 4.69) is 27.7 Å². The third kappa shape index (κ3) is 51.3. The van der Waals surface area contributed by atoms with Gasteiger partial charge in [0.05, 0.1) is 0 Å². The molecule has 0 aliphatic heterocycles. The topological polar surface area (TPSA) is 78.9 Å². The van der Waals surface area contributed by atoms with Gasteiger partial charge in [-0.05, 0) is 25.2 Å². The first-order chi connectivity index (χ1) is 30.9. The van der Waals surface area contributed by atoms with Gasteiger partial charge in [0.25, 0.3) is 0 Å². The van der Waals surface area contributed by atoms with Crippen LogP contribution in [0.3, 0.4) is 0 Å². The molecule has 6 heteroatoms. The third-order valence-electron chi connectivity index (χ3n) is 13.0. The Morgan fingerprint density at radius 1 is 0.302 bits per heavy atom. The minimum absolute atomic E-state index is 0.0621.